The highest BCUT2D eigenvalue weighted by Crippen LogP contribution is 2.13. The van der Waals surface area contributed by atoms with Crippen molar-refractivity contribution in [3.8, 4) is 0 Å². The fraction of sp³-hybridized carbons (Fsp3) is 0.600. The molecule has 0 amide bonds. The molecule has 0 heterocycles. The van der Waals surface area contributed by atoms with Crippen molar-refractivity contribution >= 4 is 0 Å². The van der Waals surface area contributed by atoms with Crippen LogP contribution in [0.25, 0.3) is 0 Å². The Morgan fingerprint density at radius 1 is 1.45 bits per heavy atom. The first kappa shape index (κ1) is 10.4. The van der Waals surface area contributed by atoms with Crippen molar-refractivity contribution in [3.63, 3.8) is 0 Å². The lowest BCUT2D eigenvalue weighted by molar-refractivity contribution is 0.624. The van der Waals surface area contributed by atoms with Crippen molar-refractivity contribution in [2.45, 2.75) is 39.7 Å². The number of hydrogen-bond acceptors (Lipinski definition) is 1. The molecule has 2 N–H and O–H groups in total. The first-order chi connectivity index (χ1) is 5.02. The van der Waals surface area contributed by atoms with Crippen LogP contribution in [-0.2, 0) is 0 Å². The first-order valence-corrected chi connectivity index (χ1v) is 4.14. The zero-order valence-corrected chi connectivity index (χ0v) is 8.02. The van der Waals surface area contributed by atoms with Crippen LogP contribution in [0.4, 0.5) is 0 Å². The van der Waals surface area contributed by atoms with Crippen LogP contribution in [-0.4, -0.2) is 5.54 Å². The predicted molar refractivity (Wildman–Crippen MR) is 51.5 cm³/mol. The smallest absolute Gasteiger partial charge is 0.0349 e. The van der Waals surface area contributed by atoms with Crippen molar-refractivity contribution in [1.29, 1.82) is 0 Å². The normalized spacial score (nSPS) is 14.5. The number of rotatable bonds is 3. The van der Waals surface area contributed by atoms with Gasteiger partial charge in [-0.3, -0.25) is 0 Å². The Kier molecular flexibility index (Phi) is 4.12. The van der Waals surface area contributed by atoms with Crippen LogP contribution in [0.3, 0.4) is 0 Å². The molecule has 0 saturated heterocycles. The van der Waals surface area contributed by atoms with E-state index in [1.165, 1.54) is 5.57 Å². The summed E-state index contributed by atoms with van der Waals surface area (Å²) in [5.74, 6) is 0. The average Bonchev–Trinajstić information content (AvgIpc) is 1.87. The fourth-order valence-electron chi connectivity index (χ4n) is 0.928. The van der Waals surface area contributed by atoms with Crippen LogP contribution in [0.15, 0.2) is 23.8 Å². The minimum atomic E-state index is -0.208. The summed E-state index contributed by atoms with van der Waals surface area (Å²) < 4.78 is 0. The SMILES string of the molecule is C/C=C(\C=C/CC)C(C)(C)N. The molecular formula is C10H19N. The van der Waals surface area contributed by atoms with Gasteiger partial charge in [-0.2, -0.15) is 0 Å². The van der Waals surface area contributed by atoms with E-state index >= 15 is 0 Å². The van der Waals surface area contributed by atoms with Crippen LogP contribution in [0.5, 0.6) is 0 Å². The molecule has 1 heteroatoms. The Hall–Kier alpha value is -0.560. The second-order valence-electron chi connectivity index (χ2n) is 3.28. The molecule has 0 atom stereocenters. The van der Waals surface area contributed by atoms with Crippen LogP contribution in [0.1, 0.15) is 34.1 Å². The first-order valence-electron chi connectivity index (χ1n) is 4.14. The van der Waals surface area contributed by atoms with Crippen LogP contribution < -0.4 is 5.73 Å². The second kappa shape index (κ2) is 4.35. The molecule has 0 aromatic carbocycles. The van der Waals surface area contributed by atoms with Gasteiger partial charge in [0, 0.05) is 5.54 Å². The van der Waals surface area contributed by atoms with Crippen molar-refractivity contribution in [2.24, 2.45) is 5.73 Å². The maximum Gasteiger partial charge on any atom is 0.0349 e. The van der Waals surface area contributed by atoms with E-state index in [0.717, 1.165) is 6.42 Å². The topological polar surface area (TPSA) is 26.0 Å². The molecule has 0 unspecified atom stereocenters. The summed E-state index contributed by atoms with van der Waals surface area (Å²) in [7, 11) is 0. The highest BCUT2D eigenvalue weighted by atomic mass is 14.7. The van der Waals surface area contributed by atoms with E-state index in [1.54, 1.807) is 0 Å². The zero-order chi connectivity index (χ0) is 8.91. The molecule has 0 aliphatic heterocycles. The largest absolute Gasteiger partial charge is 0.322 e. The predicted octanol–water partition coefficient (Wildman–Crippen LogP) is 2.64. The third-order valence-electron chi connectivity index (χ3n) is 1.59. The summed E-state index contributed by atoms with van der Waals surface area (Å²) >= 11 is 0. The zero-order valence-electron chi connectivity index (χ0n) is 8.02. The summed E-state index contributed by atoms with van der Waals surface area (Å²) in [5, 5.41) is 0. The lowest BCUT2D eigenvalue weighted by atomic mass is 9.94. The van der Waals surface area contributed by atoms with Gasteiger partial charge in [-0.05, 0) is 32.8 Å². The molecular weight excluding hydrogens is 134 g/mol. The van der Waals surface area contributed by atoms with Gasteiger partial charge in [0.25, 0.3) is 0 Å². The van der Waals surface area contributed by atoms with E-state index in [9.17, 15) is 0 Å². The Labute approximate surface area is 70.0 Å². The van der Waals surface area contributed by atoms with E-state index in [0.29, 0.717) is 0 Å². The minimum absolute atomic E-state index is 0.208. The molecule has 64 valence electrons. The molecule has 0 radical (unpaired) electrons. The van der Waals surface area contributed by atoms with Gasteiger partial charge in [-0.25, -0.2) is 0 Å². The van der Waals surface area contributed by atoms with E-state index < -0.39 is 0 Å². The molecule has 0 rings (SSSR count). The van der Waals surface area contributed by atoms with Crippen molar-refractivity contribution in [3.05, 3.63) is 23.8 Å². The molecule has 1 nitrogen and oxygen atoms in total. The van der Waals surface area contributed by atoms with Crippen LogP contribution in [0.2, 0.25) is 0 Å². The van der Waals surface area contributed by atoms with E-state index in [4.69, 9.17) is 5.73 Å². The van der Waals surface area contributed by atoms with Crippen LogP contribution >= 0.6 is 0 Å². The molecule has 0 aromatic heterocycles. The molecule has 0 fully saturated rings. The van der Waals surface area contributed by atoms with Gasteiger partial charge in [0.2, 0.25) is 0 Å². The van der Waals surface area contributed by atoms with Gasteiger partial charge >= 0.3 is 0 Å². The van der Waals surface area contributed by atoms with Crippen molar-refractivity contribution in [2.75, 3.05) is 0 Å². The minimum Gasteiger partial charge on any atom is -0.322 e. The summed E-state index contributed by atoms with van der Waals surface area (Å²) in [6.07, 6.45) is 7.35. The molecule has 0 aliphatic carbocycles. The van der Waals surface area contributed by atoms with Gasteiger partial charge in [0.15, 0.2) is 0 Å². The summed E-state index contributed by atoms with van der Waals surface area (Å²) in [6, 6.07) is 0. The molecule has 0 aromatic rings. The number of hydrogen-bond donors (Lipinski definition) is 1. The molecule has 0 saturated carbocycles. The van der Waals surface area contributed by atoms with Crippen molar-refractivity contribution in [1.82, 2.24) is 0 Å². The number of allylic oxidation sites excluding steroid dienone is 2. The molecule has 0 bridgehead atoms. The Balaban J connectivity index is 4.33. The van der Waals surface area contributed by atoms with Gasteiger partial charge in [0.1, 0.15) is 0 Å². The fourth-order valence-corrected chi connectivity index (χ4v) is 0.928. The third-order valence-corrected chi connectivity index (χ3v) is 1.59. The molecule has 0 spiro atoms. The number of nitrogens with two attached hydrogens (primary N) is 1. The van der Waals surface area contributed by atoms with E-state index in [-0.39, 0.29) is 5.54 Å². The maximum absolute atomic E-state index is 5.91. The Bertz CT molecular complexity index is 158. The van der Waals surface area contributed by atoms with Gasteiger partial charge < -0.3 is 5.73 Å². The maximum atomic E-state index is 5.91. The summed E-state index contributed by atoms with van der Waals surface area (Å²) in [5.41, 5.74) is 6.90. The highest BCUT2D eigenvalue weighted by Gasteiger charge is 2.12. The third kappa shape index (κ3) is 3.99. The summed E-state index contributed by atoms with van der Waals surface area (Å²) in [4.78, 5) is 0. The monoisotopic (exact) mass is 153 g/mol. The molecule has 0 aliphatic rings. The van der Waals surface area contributed by atoms with E-state index in [1.807, 2.05) is 20.8 Å². The molecule has 11 heavy (non-hydrogen) atoms. The van der Waals surface area contributed by atoms with Gasteiger partial charge in [-0.15, -0.1) is 0 Å². The standard InChI is InChI=1S/C10H19N/c1-5-7-8-9(6-2)10(3,4)11/h6-8H,5,11H2,1-4H3/b8-7-,9-6+. The second-order valence-corrected chi connectivity index (χ2v) is 3.28. The van der Waals surface area contributed by atoms with Gasteiger partial charge in [-0.1, -0.05) is 25.2 Å². The Morgan fingerprint density at radius 2 is 2.00 bits per heavy atom. The lowest BCUT2D eigenvalue weighted by Crippen LogP contribution is -2.33. The highest BCUT2D eigenvalue weighted by molar-refractivity contribution is 5.27. The average molecular weight is 153 g/mol. The van der Waals surface area contributed by atoms with Crippen molar-refractivity contribution < 1.29 is 0 Å². The van der Waals surface area contributed by atoms with Gasteiger partial charge in [0.05, 0.1) is 0 Å². The quantitative estimate of drug-likeness (QED) is 0.620. The Morgan fingerprint density at radius 3 is 2.27 bits per heavy atom. The van der Waals surface area contributed by atoms with E-state index in [2.05, 4.69) is 25.2 Å². The lowest BCUT2D eigenvalue weighted by Gasteiger charge is -2.19. The van der Waals surface area contributed by atoms with Crippen LogP contribution in [0, 0.1) is 0 Å². The summed E-state index contributed by atoms with van der Waals surface area (Å²) in [6.45, 7) is 8.17.